The van der Waals surface area contributed by atoms with E-state index in [4.69, 9.17) is 15.2 Å². The monoisotopic (exact) mass is 376 g/mol. The Hall–Kier alpha value is -3.49. The summed E-state index contributed by atoms with van der Waals surface area (Å²) >= 11 is 0. The summed E-state index contributed by atoms with van der Waals surface area (Å²) in [6.45, 7) is 3.82. The first-order valence-electron chi connectivity index (χ1n) is 8.08. The molecule has 0 bridgehead atoms. The zero-order valence-corrected chi connectivity index (χ0v) is 15.0. The molecule has 0 spiro atoms. The smallest absolute Gasteiger partial charge is 0.342 e. The molecule has 0 fully saturated rings. The minimum absolute atomic E-state index is 0.0934. The fourth-order valence-corrected chi connectivity index (χ4v) is 2.56. The minimum atomic E-state index is -1.58. The summed E-state index contributed by atoms with van der Waals surface area (Å²) in [5.41, 5.74) is 3.24. The van der Waals surface area contributed by atoms with Crippen LogP contribution in [0.1, 0.15) is 41.0 Å². The molecule has 2 rings (SSSR count). The zero-order valence-electron chi connectivity index (χ0n) is 15.0. The Kier molecular flexibility index (Phi) is 5.74. The lowest BCUT2D eigenvalue weighted by Gasteiger charge is -2.17. The highest BCUT2D eigenvalue weighted by Gasteiger charge is 2.27. The highest BCUT2D eigenvalue weighted by Crippen LogP contribution is 2.36. The number of benzene rings is 1. The van der Waals surface area contributed by atoms with Crippen LogP contribution in [-0.2, 0) is 0 Å². The van der Waals surface area contributed by atoms with E-state index in [1.54, 1.807) is 0 Å². The van der Waals surface area contributed by atoms with Crippen molar-refractivity contribution in [2.45, 2.75) is 26.4 Å². The van der Waals surface area contributed by atoms with Crippen molar-refractivity contribution in [1.29, 1.82) is 0 Å². The molecule has 1 heterocycles. The normalized spacial score (nSPS) is 11.7. The molecule has 0 aliphatic rings. The summed E-state index contributed by atoms with van der Waals surface area (Å²) in [4.78, 5) is 37.4. The van der Waals surface area contributed by atoms with E-state index in [1.165, 1.54) is 25.3 Å². The molecule has 0 saturated carbocycles. The van der Waals surface area contributed by atoms with E-state index in [1.807, 2.05) is 13.8 Å². The maximum absolute atomic E-state index is 12.1. The van der Waals surface area contributed by atoms with E-state index >= 15 is 0 Å². The van der Waals surface area contributed by atoms with Crippen LogP contribution in [0.4, 0.5) is 5.82 Å². The number of H-pyrrole nitrogens is 1. The number of aromatic carboxylic acids is 2. The van der Waals surface area contributed by atoms with E-state index in [9.17, 15) is 24.6 Å². The molecule has 1 atom stereocenters. The molecule has 2 aromatic rings. The van der Waals surface area contributed by atoms with E-state index < -0.39 is 34.4 Å². The molecule has 1 unspecified atom stereocenters. The van der Waals surface area contributed by atoms with Crippen molar-refractivity contribution in [3.8, 4) is 22.6 Å². The lowest BCUT2D eigenvalue weighted by molar-refractivity contribution is 0.0695. The lowest BCUT2D eigenvalue weighted by atomic mass is 9.95. The third kappa shape index (κ3) is 3.86. The number of aromatic nitrogens is 1. The number of nitrogen functional groups attached to an aromatic ring is 1. The van der Waals surface area contributed by atoms with Crippen LogP contribution in [0.5, 0.6) is 11.5 Å². The van der Waals surface area contributed by atoms with Crippen molar-refractivity contribution < 1.29 is 29.3 Å². The minimum Gasteiger partial charge on any atom is -0.493 e. The molecule has 9 nitrogen and oxygen atoms in total. The van der Waals surface area contributed by atoms with Gasteiger partial charge in [-0.1, -0.05) is 13.0 Å². The summed E-state index contributed by atoms with van der Waals surface area (Å²) in [7, 11) is 1.39. The number of carbonyl (C=O) groups is 2. The van der Waals surface area contributed by atoms with Gasteiger partial charge < -0.3 is 30.4 Å². The number of methoxy groups -OCH3 is 1. The maximum Gasteiger partial charge on any atom is 0.342 e. The van der Waals surface area contributed by atoms with Crippen molar-refractivity contribution in [2.75, 3.05) is 12.8 Å². The summed E-state index contributed by atoms with van der Waals surface area (Å²) in [5.74, 6) is -2.82. The van der Waals surface area contributed by atoms with Crippen LogP contribution in [0.25, 0.3) is 11.1 Å². The molecule has 0 aliphatic carbocycles. The third-order valence-corrected chi connectivity index (χ3v) is 4.03. The number of anilines is 1. The fourth-order valence-electron chi connectivity index (χ4n) is 2.56. The Labute approximate surface area is 154 Å². The Balaban J connectivity index is 2.79. The molecule has 1 aromatic heterocycles. The number of hydrogen-bond acceptors (Lipinski definition) is 6. The van der Waals surface area contributed by atoms with Gasteiger partial charge in [0.25, 0.3) is 5.56 Å². The van der Waals surface area contributed by atoms with Crippen LogP contribution in [0, 0.1) is 0 Å². The van der Waals surface area contributed by atoms with Gasteiger partial charge in [-0.15, -0.1) is 0 Å². The molecule has 0 radical (unpaired) electrons. The summed E-state index contributed by atoms with van der Waals surface area (Å²) in [6.07, 6.45) is 0.658. The number of pyridine rings is 1. The SMILES string of the molecule is CCC(C)Oc1ccc(-c2c(C(=O)O)c(N)[nH]c(=O)c2C(=O)O)cc1OC. The number of nitrogens with one attached hydrogen (secondary N) is 1. The van der Waals surface area contributed by atoms with Gasteiger partial charge in [0.1, 0.15) is 16.9 Å². The van der Waals surface area contributed by atoms with Crippen molar-refractivity contribution in [3.05, 3.63) is 39.7 Å². The van der Waals surface area contributed by atoms with Gasteiger partial charge in [0.15, 0.2) is 11.5 Å². The Bertz CT molecular complexity index is 949. The Morgan fingerprint density at radius 1 is 1.19 bits per heavy atom. The average Bonchev–Trinajstić information content (AvgIpc) is 2.60. The number of ether oxygens (including phenoxy) is 2. The largest absolute Gasteiger partial charge is 0.493 e. The predicted molar refractivity (Wildman–Crippen MR) is 97.8 cm³/mol. The van der Waals surface area contributed by atoms with Crippen LogP contribution < -0.4 is 20.8 Å². The van der Waals surface area contributed by atoms with Crippen LogP contribution in [-0.4, -0.2) is 40.3 Å². The standard InChI is InChI=1S/C18H20N2O7/c1-4-8(2)27-10-6-5-9(7-11(10)26-3)12-13(17(22)23)15(19)20-16(21)14(12)18(24)25/h5-8H,4H2,1-3H3,(H,22,23)(H,24,25)(H3,19,20,21). The van der Waals surface area contributed by atoms with Crippen LogP contribution in [0.3, 0.4) is 0 Å². The first kappa shape index (κ1) is 19.8. The Morgan fingerprint density at radius 2 is 1.81 bits per heavy atom. The van der Waals surface area contributed by atoms with Gasteiger partial charge >= 0.3 is 11.9 Å². The molecule has 0 aliphatic heterocycles. The van der Waals surface area contributed by atoms with Crippen molar-refractivity contribution in [3.63, 3.8) is 0 Å². The highest BCUT2D eigenvalue weighted by atomic mass is 16.5. The van der Waals surface area contributed by atoms with E-state index in [-0.39, 0.29) is 23.0 Å². The topological polar surface area (TPSA) is 152 Å². The second-order valence-corrected chi connectivity index (χ2v) is 5.81. The van der Waals surface area contributed by atoms with Crippen molar-refractivity contribution in [1.82, 2.24) is 4.98 Å². The van der Waals surface area contributed by atoms with Gasteiger partial charge in [-0.3, -0.25) is 4.79 Å². The van der Waals surface area contributed by atoms with Gasteiger partial charge in [0.2, 0.25) is 0 Å². The summed E-state index contributed by atoms with van der Waals surface area (Å²) in [5, 5.41) is 18.9. The second-order valence-electron chi connectivity index (χ2n) is 5.81. The molecule has 27 heavy (non-hydrogen) atoms. The molecular weight excluding hydrogens is 356 g/mol. The second kappa shape index (κ2) is 7.81. The Morgan fingerprint density at radius 3 is 2.33 bits per heavy atom. The molecular formula is C18H20N2O7. The first-order valence-corrected chi connectivity index (χ1v) is 8.08. The third-order valence-electron chi connectivity index (χ3n) is 4.03. The highest BCUT2D eigenvalue weighted by molar-refractivity contribution is 6.07. The maximum atomic E-state index is 12.1. The van der Waals surface area contributed by atoms with Crippen molar-refractivity contribution >= 4 is 17.8 Å². The number of carboxylic acid groups (broad SMARTS) is 2. The van der Waals surface area contributed by atoms with Gasteiger partial charge in [0, 0.05) is 5.56 Å². The van der Waals surface area contributed by atoms with E-state index in [2.05, 4.69) is 4.98 Å². The number of nitrogens with two attached hydrogens (primary N) is 1. The molecule has 1 aromatic carbocycles. The average molecular weight is 376 g/mol. The molecule has 5 N–H and O–H groups in total. The molecule has 9 heteroatoms. The van der Waals surface area contributed by atoms with Gasteiger partial charge in [0.05, 0.1) is 13.2 Å². The molecule has 0 saturated heterocycles. The summed E-state index contributed by atoms with van der Waals surface area (Å²) < 4.78 is 11.0. The first-order chi connectivity index (χ1) is 12.7. The van der Waals surface area contributed by atoms with E-state index in [0.717, 1.165) is 6.42 Å². The fraction of sp³-hybridized carbons (Fsp3) is 0.278. The number of aromatic amines is 1. The molecule has 144 valence electrons. The van der Waals surface area contributed by atoms with Gasteiger partial charge in [-0.05, 0) is 31.0 Å². The summed E-state index contributed by atoms with van der Waals surface area (Å²) in [6, 6.07) is 4.38. The zero-order chi connectivity index (χ0) is 20.3. The number of hydrogen-bond donors (Lipinski definition) is 4. The number of carboxylic acids is 2. The van der Waals surface area contributed by atoms with E-state index in [0.29, 0.717) is 5.75 Å². The number of rotatable bonds is 7. The van der Waals surface area contributed by atoms with Crippen LogP contribution in [0.15, 0.2) is 23.0 Å². The van der Waals surface area contributed by atoms with Gasteiger partial charge in [-0.2, -0.15) is 0 Å². The van der Waals surface area contributed by atoms with Crippen LogP contribution in [0.2, 0.25) is 0 Å². The predicted octanol–water partition coefficient (Wildman–Crippen LogP) is 2.21. The van der Waals surface area contributed by atoms with Crippen molar-refractivity contribution in [2.24, 2.45) is 0 Å². The quantitative estimate of drug-likeness (QED) is 0.574. The van der Waals surface area contributed by atoms with Gasteiger partial charge in [-0.25, -0.2) is 9.59 Å². The lowest BCUT2D eigenvalue weighted by Crippen LogP contribution is -2.24. The van der Waals surface area contributed by atoms with Crippen LogP contribution >= 0.6 is 0 Å². The molecule has 0 amide bonds.